The van der Waals surface area contributed by atoms with Crippen LogP contribution in [0.25, 0.3) is 0 Å². The first-order valence-corrected chi connectivity index (χ1v) is 11.1. The average molecular weight is 431 g/mol. The van der Waals surface area contributed by atoms with E-state index in [1.807, 2.05) is 43.3 Å². The van der Waals surface area contributed by atoms with Crippen LogP contribution < -0.4 is 15.0 Å². The largest absolute Gasteiger partial charge is 0.439 e. The van der Waals surface area contributed by atoms with Crippen LogP contribution in [-0.4, -0.2) is 29.0 Å². The predicted molar refractivity (Wildman–Crippen MR) is 128 cm³/mol. The third-order valence-electron chi connectivity index (χ3n) is 6.36. The number of rotatable bonds is 5. The van der Waals surface area contributed by atoms with E-state index in [2.05, 4.69) is 47.0 Å². The normalized spacial score (nSPS) is 14.3. The minimum atomic E-state index is 0.000334. The molecule has 0 saturated carbocycles. The van der Waals surface area contributed by atoms with Crippen LogP contribution in [-0.2, 0) is 4.79 Å². The minimum Gasteiger partial charge on any atom is -0.439 e. The molecule has 6 heteroatoms. The van der Waals surface area contributed by atoms with Gasteiger partial charge >= 0.3 is 0 Å². The van der Waals surface area contributed by atoms with Gasteiger partial charge in [-0.15, -0.1) is 0 Å². The van der Waals surface area contributed by atoms with E-state index in [9.17, 15) is 4.79 Å². The van der Waals surface area contributed by atoms with Crippen LogP contribution in [0, 0.1) is 33.6 Å². The van der Waals surface area contributed by atoms with Gasteiger partial charge in [0, 0.05) is 30.8 Å². The number of piperidine rings is 1. The standard InChI is InChI=1S/C26H30N4O2/c1-17-8-9-22(14-19(17)3)29-26(31)21-10-12-30(13-11-21)24-15-25(28-16-27-24)32-23-7-5-6-18(2)20(23)4/h5-9,14-16,21H,10-13H2,1-4H3,(H,29,31). The van der Waals surface area contributed by atoms with E-state index in [1.165, 1.54) is 23.0 Å². The molecule has 1 fully saturated rings. The first-order chi connectivity index (χ1) is 15.4. The molecule has 32 heavy (non-hydrogen) atoms. The number of carbonyl (C=O) groups excluding carboxylic acids is 1. The highest BCUT2D eigenvalue weighted by Crippen LogP contribution is 2.29. The minimum absolute atomic E-state index is 0.000334. The fourth-order valence-electron chi connectivity index (χ4n) is 3.94. The molecule has 1 aliphatic rings. The maximum absolute atomic E-state index is 12.7. The van der Waals surface area contributed by atoms with E-state index in [0.29, 0.717) is 5.88 Å². The van der Waals surface area contributed by atoms with Crippen LogP contribution in [0.5, 0.6) is 11.6 Å². The molecular formula is C26H30N4O2. The summed E-state index contributed by atoms with van der Waals surface area (Å²) in [5.74, 6) is 2.25. The second-order valence-corrected chi connectivity index (χ2v) is 8.56. The molecule has 1 saturated heterocycles. The highest BCUT2D eigenvalue weighted by Gasteiger charge is 2.26. The number of hydrogen-bond acceptors (Lipinski definition) is 5. The fourth-order valence-corrected chi connectivity index (χ4v) is 3.94. The van der Waals surface area contributed by atoms with Gasteiger partial charge in [-0.2, -0.15) is 0 Å². The lowest BCUT2D eigenvalue weighted by Gasteiger charge is -2.32. The van der Waals surface area contributed by atoms with Crippen molar-refractivity contribution in [3.05, 3.63) is 71.0 Å². The summed E-state index contributed by atoms with van der Waals surface area (Å²) in [6.45, 7) is 9.77. The number of ether oxygens (including phenoxy) is 1. The lowest BCUT2D eigenvalue weighted by atomic mass is 9.95. The maximum Gasteiger partial charge on any atom is 0.227 e. The number of amides is 1. The van der Waals surface area contributed by atoms with Gasteiger partial charge in [0.1, 0.15) is 17.9 Å². The highest BCUT2D eigenvalue weighted by molar-refractivity contribution is 5.92. The average Bonchev–Trinajstić information content (AvgIpc) is 2.80. The number of anilines is 2. The monoisotopic (exact) mass is 430 g/mol. The van der Waals surface area contributed by atoms with Crippen LogP contribution in [0.3, 0.4) is 0 Å². The zero-order valence-corrected chi connectivity index (χ0v) is 19.2. The smallest absolute Gasteiger partial charge is 0.227 e. The number of carbonyl (C=O) groups is 1. The summed E-state index contributed by atoms with van der Waals surface area (Å²) in [5.41, 5.74) is 5.55. The van der Waals surface area contributed by atoms with Crippen LogP contribution >= 0.6 is 0 Å². The number of nitrogens with one attached hydrogen (secondary N) is 1. The van der Waals surface area contributed by atoms with Gasteiger partial charge in [-0.1, -0.05) is 18.2 Å². The first kappa shape index (κ1) is 21.8. The molecule has 0 bridgehead atoms. The lowest BCUT2D eigenvalue weighted by molar-refractivity contribution is -0.120. The number of nitrogens with zero attached hydrogens (tertiary/aromatic N) is 3. The molecule has 0 atom stereocenters. The molecule has 1 N–H and O–H groups in total. The van der Waals surface area contributed by atoms with Gasteiger partial charge < -0.3 is 15.0 Å². The number of aryl methyl sites for hydroxylation is 3. The van der Waals surface area contributed by atoms with Gasteiger partial charge in [0.2, 0.25) is 11.8 Å². The Hall–Kier alpha value is -3.41. The molecule has 1 amide bonds. The molecule has 2 aromatic carbocycles. The van der Waals surface area contributed by atoms with Gasteiger partial charge in [0.25, 0.3) is 0 Å². The lowest BCUT2D eigenvalue weighted by Crippen LogP contribution is -2.38. The summed E-state index contributed by atoms with van der Waals surface area (Å²) in [7, 11) is 0. The number of benzene rings is 2. The van der Waals surface area contributed by atoms with E-state index in [-0.39, 0.29) is 11.8 Å². The van der Waals surface area contributed by atoms with Crippen LogP contribution in [0.2, 0.25) is 0 Å². The first-order valence-electron chi connectivity index (χ1n) is 11.1. The van der Waals surface area contributed by atoms with Crippen LogP contribution in [0.15, 0.2) is 48.8 Å². The van der Waals surface area contributed by atoms with Gasteiger partial charge in [0.05, 0.1) is 0 Å². The van der Waals surface area contributed by atoms with Gasteiger partial charge in [-0.05, 0) is 81.0 Å². The quantitative estimate of drug-likeness (QED) is 0.590. The van der Waals surface area contributed by atoms with Crippen molar-refractivity contribution in [3.8, 4) is 11.6 Å². The molecule has 0 aliphatic carbocycles. The number of hydrogen-bond donors (Lipinski definition) is 1. The van der Waals surface area contributed by atoms with Gasteiger partial charge in [-0.3, -0.25) is 4.79 Å². The molecule has 1 aromatic heterocycles. The molecule has 3 aromatic rings. The molecule has 0 unspecified atom stereocenters. The van der Waals surface area contributed by atoms with Crippen molar-refractivity contribution >= 4 is 17.4 Å². The Morgan fingerprint density at radius 1 is 0.969 bits per heavy atom. The van der Waals surface area contributed by atoms with E-state index in [4.69, 9.17) is 4.74 Å². The summed E-state index contributed by atoms with van der Waals surface area (Å²) in [6, 6.07) is 13.9. The van der Waals surface area contributed by atoms with Crippen molar-refractivity contribution in [2.45, 2.75) is 40.5 Å². The van der Waals surface area contributed by atoms with Crippen LogP contribution in [0.4, 0.5) is 11.5 Å². The molecule has 0 radical (unpaired) electrons. The Morgan fingerprint density at radius 3 is 2.50 bits per heavy atom. The number of aromatic nitrogens is 2. The highest BCUT2D eigenvalue weighted by atomic mass is 16.5. The van der Waals surface area contributed by atoms with E-state index < -0.39 is 0 Å². The molecule has 166 valence electrons. The van der Waals surface area contributed by atoms with E-state index in [0.717, 1.165) is 48.7 Å². The zero-order valence-electron chi connectivity index (χ0n) is 19.2. The second-order valence-electron chi connectivity index (χ2n) is 8.56. The Labute approximate surface area is 189 Å². The molecule has 0 spiro atoms. The summed E-state index contributed by atoms with van der Waals surface area (Å²) in [5, 5.41) is 3.08. The third kappa shape index (κ3) is 4.90. The Morgan fingerprint density at radius 2 is 1.75 bits per heavy atom. The Bertz CT molecular complexity index is 1120. The summed E-state index contributed by atoms with van der Waals surface area (Å²) in [6.07, 6.45) is 3.11. The van der Waals surface area contributed by atoms with Crippen molar-refractivity contribution in [2.24, 2.45) is 5.92 Å². The summed E-state index contributed by atoms with van der Waals surface area (Å²) < 4.78 is 6.02. The van der Waals surface area contributed by atoms with Crippen molar-refractivity contribution in [2.75, 3.05) is 23.3 Å². The maximum atomic E-state index is 12.7. The zero-order chi connectivity index (χ0) is 22.7. The topological polar surface area (TPSA) is 67.4 Å². The van der Waals surface area contributed by atoms with Crippen molar-refractivity contribution in [3.63, 3.8) is 0 Å². The van der Waals surface area contributed by atoms with Crippen molar-refractivity contribution in [1.29, 1.82) is 0 Å². The third-order valence-corrected chi connectivity index (χ3v) is 6.36. The van der Waals surface area contributed by atoms with Gasteiger partial charge in [0.15, 0.2) is 0 Å². The fraction of sp³-hybridized carbons (Fsp3) is 0.346. The van der Waals surface area contributed by atoms with Gasteiger partial charge in [-0.25, -0.2) is 9.97 Å². The Kier molecular flexibility index (Phi) is 6.40. The molecular weight excluding hydrogens is 400 g/mol. The van der Waals surface area contributed by atoms with Crippen molar-refractivity contribution < 1.29 is 9.53 Å². The SMILES string of the molecule is Cc1ccc(NC(=O)C2CCN(c3cc(Oc4cccc(C)c4C)ncn3)CC2)cc1C. The van der Waals surface area contributed by atoms with Crippen LogP contribution in [0.1, 0.15) is 35.1 Å². The predicted octanol–water partition coefficient (Wildman–Crippen LogP) is 5.36. The molecule has 1 aliphatic heterocycles. The molecule has 4 rings (SSSR count). The van der Waals surface area contributed by atoms with Crippen molar-refractivity contribution in [1.82, 2.24) is 9.97 Å². The molecule has 6 nitrogen and oxygen atoms in total. The molecule has 2 heterocycles. The second kappa shape index (κ2) is 9.39. The summed E-state index contributed by atoms with van der Waals surface area (Å²) in [4.78, 5) is 23.7. The summed E-state index contributed by atoms with van der Waals surface area (Å²) >= 11 is 0. The van der Waals surface area contributed by atoms with E-state index >= 15 is 0 Å². The Balaban J connectivity index is 1.36. The van der Waals surface area contributed by atoms with E-state index in [1.54, 1.807) is 0 Å².